The van der Waals surface area contributed by atoms with Gasteiger partial charge in [-0.25, -0.2) is 0 Å². The summed E-state index contributed by atoms with van der Waals surface area (Å²) in [5, 5.41) is -0.0418. The lowest BCUT2D eigenvalue weighted by Crippen LogP contribution is -2.05. The largest absolute Gasteiger partial charge is 0.501 e. The number of ether oxygens (including phenoxy) is 1. The van der Waals surface area contributed by atoms with Gasteiger partial charge in [0.05, 0.1) is 18.2 Å². The molecule has 2 rings (SSSR count). The first-order chi connectivity index (χ1) is 6.31. The third-order valence-electron chi connectivity index (χ3n) is 2.31. The molecule has 1 aromatic carbocycles. The molecule has 0 aromatic heterocycles. The second-order valence-electron chi connectivity index (χ2n) is 3.11. The van der Waals surface area contributed by atoms with E-state index in [1.54, 1.807) is 7.11 Å². The maximum absolute atomic E-state index is 6.16. The molecule has 1 nitrogen and oxygen atoms in total. The topological polar surface area (TPSA) is 9.23 Å². The van der Waals surface area contributed by atoms with E-state index in [1.807, 2.05) is 18.2 Å². The van der Waals surface area contributed by atoms with Crippen LogP contribution in [0.25, 0.3) is 0 Å². The number of methoxy groups -OCH3 is 1. The summed E-state index contributed by atoms with van der Waals surface area (Å²) >= 11 is 6.16. The van der Waals surface area contributed by atoms with Crippen LogP contribution in [0.1, 0.15) is 16.5 Å². The minimum atomic E-state index is -0.0418. The number of fused-ring (bicyclic) bond motifs is 1. The zero-order valence-electron chi connectivity index (χ0n) is 7.46. The van der Waals surface area contributed by atoms with E-state index in [0.717, 1.165) is 12.2 Å². The van der Waals surface area contributed by atoms with Crippen LogP contribution in [0.4, 0.5) is 0 Å². The lowest BCUT2D eigenvalue weighted by Gasteiger charge is -2.19. The Morgan fingerprint density at radius 1 is 1.38 bits per heavy atom. The number of allylic oxidation sites excluding steroid dienone is 2. The van der Waals surface area contributed by atoms with E-state index >= 15 is 0 Å². The quantitative estimate of drug-likeness (QED) is 0.625. The first-order valence-corrected chi connectivity index (χ1v) is 4.71. The van der Waals surface area contributed by atoms with Gasteiger partial charge in [-0.15, -0.1) is 11.6 Å². The summed E-state index contributed by atoms with van der Waals surface area (Å²) < 4.78 is 5.20. The van der Waals surface area contributed by atoms with Crippen molar-refractivity contribution in [2.45, 2.75) is 11.8 Å². The van der Waals surface area contributed by atoms with Crippen molar-refractivity contribution < 1.29 is 4.74 Å². The summed E-state index contributed by atoms with van der Waals surface area (Å²) in [4.78, 5) is 0. The number of halogens is 1. The van der Waals surface area contributed by atoms with Crippen LogP contribution in [-0.4, -0.2) is 7.11 Å². The van der Waals surface area contributed by atoms with Gasteiger partial charge in [0, 0.05) is 6.42 Å². The number of hydrogen-bond donors (Lipinski definition) is 0. The van der Waals surface area contributed by atoms with Crippen molar-refractivity contribution in [3.05, 3.63) is 47.2 Å². The molecule has 2 heteroatoms. The normalized spacial score (nSPS) is 20.5. The molecule has 0 amide bonds. The Kier molecular flexibility index (Phi) is 2.28. The fraction of sp³-hybridized carbons (Fsp3) is 0.273. The highest BCUT2D eigenvalue weighted by Gasteiger charge is 2.17. The third-order valence-corrected chi connectivity index (χ3v) is 2.67. The number of rotatable bonds is 1. The summed E-state index contributed by atoms with van der Waals surface area (Å²) in [7, 11) is 1.68. The molecule has 0 fully saturated rings. The smallest absolute Gasteiger partial charge is 0.0977 e. The summed E-state index contributed by atoms with van der Waals surface area (Å²) in [6.45, 7) is 0. The van der Waals surface area contributed by atoms with Crippen molar-refractivity contribution in [1.82, 2.24) is 0 Å². The Bertz CT molecular complexity index is 344. The second kappa shape index (κ2) is 3.43. The highest BCUT2D eigenvalue weighted by molar-refractivity contribution is 6.22. The molecule has 1 atom stereocenters. The van der Waals surface area contributed by atoms with Gasteiger partial charge in [0.2, 0.25) is 0 Å². The fourth-order valence-corrected chi connectivity index (χ4v) is 1.96. The molecule has 0 saturated heterocycles. The lowest BCUT2D eigenvalue weighted by atomic mass is 9.95. The fourth-order valence-electron chi connectivity index (χ4n) is 1.60. The zero-order valence-corrected chi connectivity index (χ0v) is 8.21. The highest BCUT2D eigenvalue weighted by atomic mass is 35.5. The Balaban J connectivity index is 2.40. The van der Waals surface area contributed by atoms with Gasteiger partial charge in [0.1, 0.15) is 0 Å². The van der Waals surface area contributed by atoms with Crippen LogP contribution in [-0.2, 0) is 11.2 Å². The SMILES string of the molecule is COC1=CC(Cl)c2ccccc2C1. The first-order valence-electron chi connectivity index (χ1n) is 4.28. The van der Waals surface area contributed by atoms with E-state index in [1.165, 1.54) is 11.1 Å². The maximum Gasteiger partial charge on any atom is 0.0977 e. The van der Waals surface area contributed by atoms with Gasteiger partial charge in [-0.3, -0.25) is 0 Å². The van der Waals surface area contributed by atoms with E-state index < -0.39 is 0 Å². The molecule has 0 spiro atoms. The van der Waals surface area contributed by atoms with Crippen LogP contribution >= 0.6 is 11.6 Å². The van der Waals surface area contributed by atoms with E-state index in [0.29, 0.717) is 0 Å². The van der Waals surface area contributed by atoms with Crippen molar-refractivity contribution in [3.63, 3.8) is 0 Å². The Morgan fingerprint density at radius 2 is 2.15 bits per heavy atom. The minimum absolute atomic E-state index is 0.0418. The zero-order chi connectivity index (χ0) is 9.26. The second-order valence-corrected chi connectivity index (χ2v) is 3.58. The Hall–Kier alpha value is -0.950. The molecule has 0 saturated carbocycles. The van der Waals surface area contributed by atoms with Crippen molar-refractivity contribution >= 4 is 11.6 Å². The van der Waals surface area contributed by atoms with Crippen molar-refractivity contribution in [1.29, 1.82) is 0 Å². The number of hydrogen-bond acceptors (Lipinski definition) is 1. The van der Waals surface area contributed by atoms with Crippen molar-refractivity contribution in [3.8, 4) is 0 Å². The summed E-state index contributed by atoms with van der Waals surface area (Å²) in [5.74, 6) is 0.957. The van der Waals surface area contributed by atoms with Crippen LogP contribution in [0.15, 0.2) is 36.1 Å². The third kappa shape index (κ3) is 1.56. The lowest BCUT2D eigenvalue weighted by molar-refractivity contribution is 0.279. The summed E-state index contributed by atoms with van der Waals surface area (Å²) in [6.07, 6.45) is 2.82. The van der Waals surface area contributed by atoms with E-state index in [9.17, 15) is 0 Å². The molecular weight excluding hydrogens is 184 g/mol. The van der Waals surface area contributed by atoms with Crippen LogP contribution in [0.2, 0.25) is 0 Å². The van der Waals surface area contributed by atoms with Crippen LogP contribution in [0.3, 0.4) is 0 Å². The molecule has 0 aliphatic heterocycles. The van der Waals surface area contributed by atoms with Gasteiger partial charge in [-0.05, 0) is 17.2 Å². The molecule has 1 aliphatic rings. The van der Waals surface area contributed by atoms with E-state index in [2.05, 4.69) is 12.1 Å². The van der Waals surface area contributed by atoms with Crippen LogP contribution in [0, 0.1) is 0 Å². The average molecular weight is 195 g/mol. The van der Waals surface area contributed by atoms with Gasteiger partial charge in [-0.2, -0.15) is 0 Å². The van der Waals surface area contributed by atoms with Gasteiger partial charge < -0.3 is 4.74 Å². The molecule has 1 aromatic rings. The molecule has 1 unspecified atom stereocenters. The average Bonchev–Trinajstić information content (AvgIpc) is 2.18. The number of alkyl halides is 1. The Labute approximate surface area is 83.0 Å². The van der Waals surface area contributed by atoms with Crippen molar-refractivity contribution in [2.24, 2.45) is 0 Å². The predicted octanol–water partition coefficient (Wildman–Crippen LogP) is 3.05. The van der Waals surface area contributed by atoms with E-state index in [-0.39, 0.29) is 5.38 Å². The van der Waals surface area contributed by atoms with Crippen LogP contribution in [0.5, 0.6) is 0 Å². The monoisotopic (exact) mass is 194 g/mol. The predicted molar refractivity (Wildman–Crippen MR) is 53.8 cm³/mol. The van der Waals surface area contributed by atoms with Gasteiger partial charge in [0.25, 0.3) is 0 Å². The summed E-state index contributed by atoms with van der Waals surface area (Å²) in [5.41, 5.74) is 2.46. The van der Waals surface area contributed by atoms with Gasteiger partial charge >= 0.3 is 0 Å². The maximum atomic E-state index is 6.16. The van der Waals surface area contributed by atoms with Gasteiger partial charge in [-0.1, -0.05) is 24.3 Å². The Morgan fingerprint density at radius 3 is 2.92 bits per heavy atom. The summed E-state index contributed by atoms with van der Waals surface area (Å²) in [6, 6.07) is 8.20. The first kappa shape index (κ1) is 8.64. The standard InChI is InChI=1S/C11H11ClO/c1-13-9-6-8-4-2-3-5-10(8)11(12)7-9/h2-5,7,11H,6H2,1H3. The molecule has 1 aliphatic carbocycles. The van der Waals surface area contributed by atoms with Crippen molar-refractivity contribution in [2.75, 3.05) is 7.11 Å². The molecule has 0 N–H and O–H groups in total. The minimum Gasteiger partial charge on any atom is -0.501 e. The highest BCUT2D eigenvalue weighted by Crippen LogP contribution is 2.32. The molecular formula is C11H11ClO. The van der Waals surface area contributed by atoms with Gasteiger partial charge in [0.15, 0.2) is 0 Å². The molecule has 0 radical (unpaired) electrons. The molecule has 13 heavy (non-hydrogen) atoms. The van der Waals surface area contributed by atoms with Crippen LogP contribution < -0.4 is 0 Å². The molecule has 0 bridgehead atoms. The molecule has 68 valence electrons. The molecule has 0 heterocycles. The number of benzene rings is 1. The van der Waals surface area contributed by atoms with E-state index in [4.69, 9.17) is 16.3 Å².